The lowest BCUT2D eigenvalue weighted by Crippen LogP contribution is -2.11. The minimum Gasteiger partial charge on any atom is -0.384 e. The van der Waals surface area contributed by atoms with E-state index in [4.69, 9.17) is 11.1 Å². The van der Waals surface area contributed by atoms with E-state index in [2.05, 4.69) is 0 Å². The van der Waals surface area contributed by atoms with Gasteiger partial charge in [0.1, 0.15) is 5.84 Å². The first-order chi connectivity index (χ1) is 5.11. The maximum absolute atomic E-state index is 12.4. The summed E-state index contributed by atoms with van der Waals surface area (Å²) in [4.78, 5) is 0. The van der Waals surface area contributed by atoms with Crippen molar-refractivity contribution in [2.45, 2.75) is 0 Å². The van der Waals surface area contributed by atoms with E-state index < -0.39 is 11.6 Å². The van der Waals surface area contributed by atoms with Crippen molar-refractivity contribution < 1.29 is 8.78 Å². The number of halogens is 2. The van der Waals surface area contributed by atoms with Crippen molar-refractivity contribution in [3.8, 4) is 0 Å². The first-order valence-electron chi connectivity index (χ1n) is 2.90. The second-order valence-electron chi connectivity index (χ2n) is 2.04. The molecule has 0 atom stereocenters. The number of hydrogen-bond donors (Lipinski definition) is 2. The molecule has 0 heterocycles. The Morgan fingerprint density at radius 2 is 1.91 bits per heavy atom. The largest absolute Gasteiger partial charge is 0.384 e. The summed E-state index contributed by atoms with van der Waals surface area (Å²) >= 11 is 0. The van der Waals surface area contributed by atoms with Crippen LogP contribution in [0.4, 0.5) is 8.78 Å². The van der Waals surface area contributed by atoms with Gasteiger partial charge >= 0.3 is 0 Å². The smallest absolute Gasteiger partial charge is 0.159 e. The van der Waals surface area contributed by atoms with Crippen LogP contribution in [0, 0.1) is 17.0 Å². The van der Waals surface area contributed by atoms with Crippen LogP contribution >= 0.6 is 0 Å². The van der Waals surface area contributed by atoms with Gasteiger partial charge in [0.25, 0.3) is 0 Å². The number of nitrogen functional groups attached to an aromatic ring is 1. The lowest BCUT2D eigenvalue weighted by molar-refractivity contribution is 0.508. The summed E-state index contributed by atoms with van der Waals surface area (Å²) in [7, 11) is 0. The molecule has 0 bridgehead atoms. The van der Waals surface area contributed by atoms with Crippen LogP contribution in [0.25, 0.3) is 0 Å². The van der Waals surface area contributed by atoms with E-state index in [1.165, 1.54) is 6.07 Å². The Hall–Kier alpha value is -1.45. The lowest BCUT2D eigenvalue weighted by atomic mass is 10.2. The van der Waals surface area contributed by atoms with Gasteiger partial charge in [0, 0.05) is 5.56 Å². The molecule has 0 aliphatic carbocycles. The summed E-state index contributed by atoms with van der Waals surface area (Å²) in [6.07, 6.45) is 0. The van der Waals surface area contributed by atoms with Crippen LogP contribution < -0.4 is 5.73 Å². The van der Waals surface area contributed by atoms with E-state index in [-0.39, 0.29) is 11.4 Å². The number of rotatable bonds is 1. The van der Waals surface area contributed by atoms with Crippen LogP contribution in [0.5, 0.6) is 0 Å². The fraction of sp³-hybridized carbons (Fsp3) is 0. The molecule has 0 amide bonds. The SMILES string of the molecule is N=C(N)c1ccc(F)c(F)c1. The molecule has 11 heavy (non-hydrogen) atoms. The highest BCUT2D eigenvalue weighted by Crippen LogP contribution is 2.07. The first-order valence-corrected chi connectivity index (χ1v) is 2.90. The average molecular weight is 156 g/mol. The van der Waals surface area contributed by atoms with Gasteiger partial charge in [0.15, 0.2) is 11.6 Å². The third-order valence-electron chi connectivity index (χ3n) is 1.23. The van der Waals surface area contributed by atoms with Gasteiger partial charge < -0.3 is 5.73 Å². The molecule has 2 nitrogen and oxygen atoms in total. The molecule has 0 fully saturated rings. The molecule has 0 saturated heterocycles. The normalized spacial score (nSPS) is 9.64. The fourth-order valence-electron chi connectivity index (χ4n) is 0.664. The van der Waals surface area contributed by atoms with Gasteiger partial charge in [-0.25, -0.2) is 8.78 Å². The van der Waals surface area contributed by atoms with E-state index >= 15 is 0 Å². The summed E-state index contributed by atoms with van der Waals surface area (Å²) in [5.74, 6) is -2.20. The Morgan fingerprint density at radius 1 is 1.27 bits per heavy atom. The minimum absolute atomic E-state index is 0.184. The number of benzene rings is 1. The molecule has 0 aliphatic rings. The van der Waals surface area contributed by atoms with Gasteiger partial charge in [0.2, 0.25) is 0 Å². The maximum atomic E-state index is 12.4. The van der Waals surface area contributed by atoms with Crippen LogP contribution in [0.1, 0.15) is 5.56 Å². The number of nitrogens with one attached hydrogen (secondary N) is 1. The highest BCUT2D eigenvalue weighted by molar-refractivity contribution is 5.94. The van der Waals surface area contributed by atoms with Crippen molar-refractivity contribution in [1.29, 1.82) is 5.41 Å². The predicted octanol–water partition coefficient (Wildman–Crippen LogP) is 1.25. The Labute approximate surface area is 62.2 Å². The molecule has 0 aliphatic heterocycles. The number of nitrogens with two attached hydrogens (primary N) is 1. The molecule has 1 rings (SSSR count). The molecule has 0 saturated carbocycles. The van der Waals surface area contributed by atoms with Gasteiger partial charge in [-0.2, -0.15) is 0 Å². The summed E-state index contributed by atoms with van der Waals surface area (Å²) in [6, 6.07) is 3.07. The van der Waals surface area contributed by atoms with Crippen LogP contribution in [-0.4, -0.2) is 5.84 Å². The Kier molecular flexibility index (Phi) is 1.85. The molecule has 0 radical (unpaired) electrons. The van der Waals surface area contributed by atoms with E-state index in [9.17, 15) is 8.78 Å². The number of hydrogen-bond acceptors (Lipinski definition) is 1. The summed E-state index contributed by atoms with van der Waals surface area (Å²) in [5, 5.41) is 6.89. The molecule has 1 aromatic rings. The third kappa shape index (κ3) is 1.52. The molecule has 1 aromatic carbocycles. The van der Waals surface area contributed by atoms with Crippen molar-refractivity contribution in [1.82, 2.24) is 0 Å². The van der Waals surface area contributed by atoms with Crippen LogP contribution in [0.2, 0.25) is 0 Å². The summed E-state index contributed by atoms with van der Waals surface area (Å²) < 4.78 is 24.7. The Balaban J connectivity index is 3.15. The zero-order valence-corrected chi connectivity index (χ0v) is 5.57. The fourth-order valence-corrected chi connectivity index (χ4v) is 0.664. The maximum Gasteiger partial charge on any atom is 0.159 e. The zero-order chi connectivity index (χ0) is 8.43. The van der Waals surface area contributed by atoms with Crippen molar-refractivity contribution in [3.63, 3.8) is 0 Å². The number of amidine groups is 1. The predicted molar refractivity (Wildman–Crippen MR) is 37.4 cm³/mol. The van der Waals surface area contributed by atoms with Gasteiger partial charge in [0.05, 0.1) is 0 Å². The monoisotopic (exact) mass is 156 g/mol. The molecule has 4 heteroatoms. The quantitative estimate of drug-likeness (QED) is 0.466. The van der Waals surface area contributed by atoms with Crippen LogP contribution in [0.15, 0.2) is 18.2 Å². The van der Waals surface area contributed by atoms with Crippen molar-refractivity contribution >= 4 is 5.84 Å². The van der Waals surface area contributed by atoms with E-state index in [1.54, 1.807) is 0 Å². The molecule has 0 unspecified atom stereocenters. The van der Waals surface area contributed by atoms with Crippen LogP contribution in [-0.2, 0) is 0 Å². The van der Waals surface area contributed by atoms with Gasteiger partial charge in [-0.3, -0.25) is 5.41 Å². The zero-order valence-electron chi connectivity index (χ0n) is 5.57. The Morgan fingerprint density at radius 3 is 2.36 bits per heavy atom. The van der Waals surface area contributed by atoms with E-state index in [1.807, 2.05) is 0 Å². The summed E-state index contributed by atoms with van der Waals surface area (Å²) in [6.45, 7) is 0. The molecule has 0 spiro atoms. The molecular formula is C7H6F2N2. The van der Waals surface area contributed by atoms with Crippen molar-refractivity contribution in [2.24, 2.45) is 5.73 Å². The second-order valence-corrected chi connectivity index (χ2v) is 2.04. The minimum atomic E-state index is -0.988. The van der Waals surface area contributed by atoms with Gasteiger partial charge in [-0.05, 0) is 18.2 Å². The summed E-state index contributed by atoms with van der Waals surface area (Å²) in [5.41, 5.74) is 5.21. The Bertz CT molecular complexity index is 296. The molecular weight excluding hydrogens is 150 g/mol. The van der Waals surface area contributed by atoms with Crippen molar-refractivity contribution in [3.05, 3.63) is 35.4 Å². The lowest BCUT2D eigenvalue weighted by Gasteiger charge is -1.97. The first kappa shape index (κ1) is 7.65. The van der Waals surface area contributed by atoms with E-state index in [0.29, 0.717) is 0 Å². The molecule has 0 aromatic heterocycles. The van der Waals surface area contributed by atoms with Gasteiger partial charge in [-0.1, -0.05) is 0 Å². The highest BCUT2D eigenvalue weighted by atomic mass is 19.2. The topological polar surface area (TPSA) is 49.9 Å². The van der Waals surface area contributed by atoms with Crippen LogP contribution in [0.3, 0.4) is 0 Å². The average Bonchev–Trinajstić information content (AvgIpc) is 1.94. The van der Waals surface area contributed by atoms with E-state index in [0.717, 1.165) is 12.1 Å². The highest BCUT2D eigenvalue weighted by Gasteiger charge is 2.02. The molecule has 3 N–H and O–H groups in total. The van der Waals surface area contributed by atoms with Gasteiger partial charge in [-0.15, -0.1) is 0 Å². The third-order valence-corrected chi connectivity index (χ3v) is 1.23. The molecule has 58 valence electrons. The van der Waals surface area contributed by atoms with Crippen molar-refractivity contribution in [2.75, 3.05) is 0 Å². The standard InChI is InChI=1S/C7H6F2N2/c8-5-2-1-4(7(10)11)3-6(5)9/h1-3H,(H3,10,11). The second kappa shape index (κ2) is 2.65.